The van der Waals surface area contributed by atoms with E-state index >= 15 is 0 Å². The van der Waals surface area contributed by atoms with E-state index < -0.39 is 9.04 Å². The fourth-order valence-corrected chi connectivity index (χ4v) is 3.62. The fraction of sp³-hybridized carbons (Fsp3) is 0.929. The molecule has 1 rings (SSSR count). The number of hydrogen-bond acceptors (Lipinski definition) is 2. The third-order valence-corrected chi connectivity index (χ3v) is 4.65. The van der Waals surface area contributed by atoms with E-state index in [0.717, 1.165) is 31.6 Å². The van der Waals surface area contributed by atoms with E-state index in [9.17, 15) is 4.79 Å². The number of carbonyl (C=O) groups is 1. The van der Waals surface area contributed by atoms with Crippen LogP contribution in [0.15, 0.2) is 0 Å². The minimum absolute atomic E-state index is 0.0909. The van der Waals surface area contributed by atoms with Crippen LogP contribution in [0.4, 0.5) is 0 Å². The van der Waals surface area contributed by atoms with Crippen LogP contribution in [-0.4, -0.2) is 20.9 Å². The molecule has 0 aromatic carbocycles. The van der Waals surface area contributed by atoms with Crippen molar-refractivity contribution in [3.05, 3.63) is 0 Å². The summed E-state index contributed by atoms with van der Waals surface area (Å²) < 4.78 is 5.89. The van der Waals surface area contributed by atoms with Crippen molar-refractivity contribution in [2.24, 2.45) is 11.3 Å². The average molecular weight is 256 g/mol. The second-order valence-electron chi connectivity index (χ2n) is 6.67. The first kappa shape index (κ1) is 14.9. The van der Waals surface area contributed by atoms with Crippen LogP contribution in [-0.2, 0) is 9.22 Å². The van der Waals surface area contributed by atoms with E-state index in [-0.39, 0.29) is 6.10 Å². The smallest absolute Gasteiger partial charge is 0.171 e. The number of hydrogen-bond donors (Lipinski definition) is 0. The molecule has 0 heterocycles. The lowest BCUT2D eigenvalue weighted by molar-refractivity contribution is -0.127. The Hall–Kier alpha value is -0.153. The van der Waals surface area contributed by atoms with Crippen LogP contribution in [0, 0.1) is 11.3 Å². The minimum atomic E-state index is -1.10. The first-order valence-corrected chi connectivity index (χ1v) is 9.77. The Kier molecular flexibility index (Phi) is 5.39. The highest BCUT2D eigenvalue weighted by molar-refractivity contribution is 6.48. The van der Waals surface area contributed by atoms with E-state index in [1.165, 1.54) is 6.42 Å². The van der Waals surface area contributed by atoms with E-state index in [1.807, 2.05) is 0 Å². The molecule has 0 aromatic heterocycles. The zero-order chi connectivity index (χ0) is 13.1. The molecule has 0 aromatic rings. The predicted molar refractivity (Wildman–Crippen MR) is 74.8 cm³/mol. The Balaban J connectivity index is 2.61. The van der Waals surface area contributed by atoms with Gasteiger partial charge in [0, 0.05) is 6.42 Å². The summed E-state index contributed by atoms with van der Waals surface area (Å²) in [6.45, 7) is 11.2. The number of rotatable bonds is 2. The van der Waals surface area contributed by atoms with Crippen molar-refractivity contribution < 1.29 is 9.22 Å². The van der Waals surface area contributed by atoms with E-state index in [2.05, 4.69) is 33.9 Å². The molecule has 0 radical (unpaired) electrons. The van der Waals surface area contributed by atoms with Crippen molar-refractivity contribution in [1.29, 1.82) is 0 Å². The van der Waals surface area contributed by atoms with Crippen LogP contribution < -0.4 is 0 Å². The minimum Gasteiger partial charge on any atom is -0.411 e. The van der Waals surface area contributed by atoms with E-state index in [0.29, 0.717) is 11.2 Å². The van der Waals surface area contributed by atoms with Crippen molar-refractivity contribution in [1.82, 2.24) is 0 Å². The van der Waals surface area contributed by atoms with Gasteiger partial charge in [-0.05, 0) is 50.1 Å². The third-order valence-electron chi connectivity index (χ3n) is 3.77. The van der Waals surface area contributed by atoms with Crippen LogP contribution in [0.3, 0.4) is 0 Å². The van der Waals surface area contributed by atoms with E-state index in [4.69, 9.17) is 4.43 Å². The van der Waals surface area contributed by atoms with Crippen molar-refractivity contribution in [2.45, 2.75) is 72.1 Å². The molecular weight excluding hydrogens is 228 g/mol. The third kappa shape index (κ3) is 4.92. The van der Waals surface area contributed by atoms with Gasteiger partial charge >= 0.3 is 0 Å². The molecule has 1 aliphatic rings. The zero-order valence-electron chi connectivity index (χ0n) is 12.1. The molecule has 0 N–H and O–H groups in total. The van der Waals surface area contributed by atoms with Crippen LogP contribution >= 0.6 is 0 Å². The molecule has 3 heteroatoms. The lowest BCUT2D eigenvalue weighted by Crippen LogP contribution is -2.33. The standard InChI is InChI=1S/C14H28O2Si/c1-14(2,3)11-7-6-8-12(15)13(10-9-11)16-17(4)5/h11,13,17H,6-10H2,1-5H3. The largest absolute Gasteiger partial charge is 0.411 e. The highest BCUT2D eigenvalue weighted by Gasteiger charge is 2.30. The molecule has 0 amide bonds. The maximum atomic E-state index is 12.0. The van der Waals surface area contributed by atoms with Crippen molar-refractivity contribution in [3.63, 3.8) is 0 Å². The zero-order valence-corrected chi connectivity index (χ0v) is 13.2. The Labute approximate surface area is 108 Å². The molecule has 2 nitrogen and oxygen atoms in total. The molecule has 17 heavy (non-hydrogen) atoms. The van der Waals surface area contributed by atoms with Gasteiger partial charge in [-0.2, -0.15) is 0 Å². The van der Waals surface area contributed by atoms with Gasteiger partial charge < -0.3 is 4.43 Å². The fourth-order valence-electron chi connectivity index (χ4n) is 2.68. The topological polar surface area (TPSA) is 26.3 Å². The molecule has 2 atom stereocenters. The average Bonchev–Trinajstić information content (AvgIpc) is 2.15. The summed E-state index contributed by atoms with van der Waals surface area (Å²) in [4.78, 5) is 12.0. The highest BCUT2D eigenvalue weighted by Crippen LogP contribution is 2.36. The van der Waals surface area contributed by atoms with Crippen molar-refractivity contribution in [2.75, 3.05) is 0 Å². The normalized spacial score (nSPS) is 28.0. The summed E-state index contributed by atoms with van der Waals surface area (Å²) in [6, 6.07) is 0. The van der Waals surface area contributed by atoms with Crippen molar-refractivity contribution >= 4 is 14.8 Å². The molecule has 0 spiro atoms. The van der Waals surface area contributed by atoms with Gasteiger partial charge in [0.2, 0.25) is 0 Å². The molecule has 1 saturated carbocycles. The lowest BCUT2D eigenvalue weighted by atomic mass is 9.73. The molecule has 2 unspecified atom stereocenters. The molecule has 0 bridgehead atoms. The number of ketones is 1. The van der Waals surface area contributed by atoms with E-state index in [1.54, 1.807) is 0 Å². The van der Waals surface area contributed by atoms with Gasteiger partial charge in [-0.1, -0.05) is 20.8 Å². The van der Waals surface area contributed by atoms with Crippen LogP contribution in [0.1, 0.15) is 52.9 Å². The SMILES string of the molecule is C[SiH](C)OC1CCC(C(C)(C)C)CCCC1=O. The molecule has 100 valence electrons. The monoisotopic (exact) mass is 256 g/mol. The Morgan fingerprint density at radius 3 is 2.35 bits per heavy atom. The quantitative estimate of drug-likeness (QED) is 0.706. The first-order valence-electron chi connectivity index (χ1n) is 6.99. The van der Waals surface area contributed by atoms with Gasteiger partial charge in [-0.15, -0.1) is 0 Å². The maximum Gasteiger partial charge on any atom is 0.171 e. The summed E-state index contributed by atoms with van der Waals surface area (Å²) in [5, 5.41) is 0. The van der Waals surface area contributed by atoms with Gasteiger partial charge in [-0.25, -0.2) is 0 Å². The summed E-state index contributed by atoms with van der Waals surface area (Å²) in [5.41, 5.74) is 0.361. The number of carbonyl (C=O) groups excluding carboxylic acids is 1. The summed E-state index contributed by atoms with van der Waals surface area (Å²) in [7, 11) is -1.10. The van der Waals surface area contributed by atoms with Gasteiger partial charge in [0.05, 0.1) is 0 Å². The molecule has 1 fully saturated rings. The Morgan fingerprint density at radius 2 is 1.82 bits per heavy atom. The predicted octanol–water partition coefficient (Wildman–Crippen LogP) is 3.55. The Morgan fingerprint density at radius 1 is 1.18 bits per heavy atom. The highest BCUT2D eigenvalue weighted by atomic mass is 28.3. The molecule has 1 aliphatic carbocycles. The summed E-state index contributed by atoms with van der Waals surface area (Å²) in [5.74, 6) is 1.08. The van der Waals surface area contributed by atoms with Gasteiger partial charge in [0.25, 0.3) is 0 Å². The van der Waals surface area contributed by atoms with Crippen LogP contribution in [0.25, 0.3) is 0 Å². The van der Waals surface area contributed by atoms with Crippen molar-refractivity contribution in [3.8, 4) is 0 Å². The molecule has 0 aliphatic heterocycles. The van der Waals surface area contributed by atoms with Gasteiger partial charge in [0.1, 0.15) is 6.10 Å². The second kappa shape index (κ2) is 6.14. The Bertz CT molecular complexity index is 255. The van der Waals surface area contributed by atoms with Crippen LogP contribution in [0.2, 0.25) is 13.1 Å². The number of Topliss-reactive ketones (excluding diaryl/α,β-unsaturated/α-hetero) is 1. The second-order valence-corrected chi connectivity index (χ2v) is 9.04. The summed E-state index contributed by atoms with van der Waals surface area (Å²) in [6.07, 6.45) is 4.94. The van der Waals surface area contributed by atoms with Gasteiger partial charge in [0.15, 0.2) is 14.8 Å². The van der Waals surface area contributed by atoms with Crippen LogP contribution in [0.5, 0.6) is 0 Å². The first-order chi connectivity index (χ1) is 7.80. The molecule has 0 saturated heterocycles. The maximum absolute atomic E-state index is 12.0. The lowest BCUT2D eigenvalue weighted by Gasteiger charge is -2.34. The molecular formula is C14H28O2Si. The van der Waals surface area contributed by atoms with Gasteiger partial charge in [-0.3, -0.25) is 4.79 Å². The summed E-state index contributed by atoms with van der Waals surface area (Å²) >= 11 is 0.